The lowest BCUT2D eigenvalue weighted by molar-refractivity contribution is 0.397. The van der Waals surface area contributed by atoms with E-state index < -0.39 is 11.6 Å². The summed E-state index contributed by atoms with van der Waals surface area (Å²) in [4.78, 5) is 8.69. The van der Waals surface area contributed by atoms with Gasteiger partial charge in [0.15, 0.2) is 5.96 Å². The summed E-state index contributed by atoms with van der Waals surface area (Å²) >= 11 is 0. The molecule has 1 aliphatic rings. The Morgan fingerprint density at radius 1 is 1.38 bits per heavy atom. The molecule has 3 rings (SSSR count). The van der Waals surface area contributed by atoms with Gasteiger partial charge in [-0.2, -0.15) is 5.10 Å². The number of benzene rings is 1. The third-order valence-corrected chi connectivity index (χ3v) is 4.21. The standard InChI is InChI=1S/C17H22F2N6.HI/c1-11-22-16-15(4-3-9-25(16)24-11)23-17(20-2)21-8-7-12-10-13(18)5-6-14(12)19;/h5-6,10,15H,3-4,7-9H2,1-2H3,(H2,20,21,23);1H. The zero-order valence-electron chi connectivity index (χ0n) is 14.8. The summed E-state index contributed by atoms with van der Waals surface area (Å²) in [5.74, 6) is 1.44. The largest absolute Gasteiger partial charge is 0.356 e. The van der Waals surface area contributed by atoms with Crippen LogP contribution < -0.4 is 10.6 Å². The van der Waals surface area contributed by atoms with E-state index in [9.17, 15) is 8.78 Å². The van der Waals surface area contributed by atoms with Crippen molar-refractivity contribution >= 4 is 29.9 Å². The normalized spacial score (nSPS) is 16.6. The van der Waals surface area contributed by atoms with Crippen molar-refractivity contribution in [2.75, 3.05) is 13.6 Å². The first-order chi connectivity index (χ1) is 12.1. The molecule has 0 fully saturated rings. The van der Waals surface area contributed by atoms with Crippen molar-refractivity contribution in [2.45, 2.75) is 38.8 Å². The summed E-state index contributed by atoms with van der Waals surface area (Å²) in [7, 11) is 1.68. The first-order valence-electron chi connectivity index (χ1n) is 8.39. The smallest absolute Gasteiger partial charge is 0.191 e. The van der Waals surface area contributed by atoms with Gasteiger partial charge in [-0.25, -0.2) is 18.4 Å². The second-order valence-corrected chi connectivity index (χ2v) is 6.06. The van der Waals surface area contributed by atoms with E-state index >= 15 is 0 Å². The van der Waals surface area contributed by atoms with Crippen molar-refractivity contribution in [2.24, 2.45) is 4.99 Å². The molecule has 2 heterocycles. The van der Waals surface area contributed by atoms with Gasteiger partial charge in [0.1, 0.15) is 23.3 Å². The van der Waals surface area contributed by atoms with Crippen LogP contribution in [-0.4, -0.2) is 34.3 Å². The average molecular weight is 476 g/mol. The number of nitrogens with zero attached hydrogens (tertiary/aromatic N) is 4. The van der Waals surface area contributed by atoms with Gasteiger partial charge < -0.3 is 10.6 Å². The number of hydrogen-bond acceptors (Lipinski definition) is 3. The summed E-state index contributed by atoms with van der Waals surface area (Å²) in [6.07, 6.45) is 2.32. The average Bonchev–Trinajstić information content (AvgIpc) is 2.98. The lowest BCUT2D eigenvalue weighted by Crippen LogP contribution is -2.42. The minimum Gasteiger partial charge on any atom is -0.356 e. The molecule has 6 nitrogen and oxygen atoms in total. The quantitative estimate of drug-likeness (QED) is 0.405. The summed E-state index contributed by atoms with van der Waals surface area (Å²) in [5, 5.41) is 10.9. The number of hydrogen-bond donors (Lipinski definition) is 2. The molecule has 0 saturated heterocycles. The third kappa shape index (κ3) is 4.89. The fourth-order valence-electron chi connectivity index (χ4n) is 3.02. The number of guanidine groups is 1. The molecule has 142 valence electrons. The van der Waals surface area contributed by atoms with Gasteiger partial charge in [-0.15, -0.1) is 24.0 Å². The van der Waals surface area contributed by atoms with E-state index in [4.69, 9.17) is 0 Å². The van der Waals surface area contributed by atoms with Gasteiger partial charge in [-0.05, 0) is 49.9 Å². The van der Waals surface area contributed by atoms with Crippen LogP contribution in [0.5, 0.6) is 0 Å². The Morgan fingerprint density at radius 3 is 2.96 bits per heavy atom. The van der Waals surface area contributed by atoms with E-state index in [0.717, 1.165) is 43.2 Å². The molecule has 0 saturated carbocycles. The molecule has 0 amide bonds. The highest BCUT2D eigenvalue weighted by Gasteiger charge is 2.24. The van der Waals surface area contributed by atoms with Crippen LogP contribution in [0.2, 0.25) is 0 Å². The van der Waals surface area contributed by atoms with E-state index in [-0.39, 0.29) is 30.0 Å². The SMILES string of the molecule is CN=C(NCCc1cc(F)ccc1F)NC1CCCn2nc(C)nc21.I. The molecule has 0 aliphatic carbocycles. The third-order valence-electron chi connectivity index (χ3n) is 4.21. The molecule has 0 radical (unpaired) electrons. The molecule has 0 spiro atoms. The molecule has 2 N–H and O–H groups in total. The number of nitrogens with one attached hydrogen (secondary N) is 2. The molecule has 2 aromatic rings. The highest BCUT2D eigenvalue weighted by molar-refractivity contribution is 14.0. The molecule has 1 unspecified atom stereocenters. The van der Waals surface area contributed by atoms with Crippen LogP contribution in [0.3, 0.4) is 0 Å². The number of aromatic nitrogens is 3. The number of rotatable bonds is 4. The highest BCUT2D eigenvalue weighted by Crippen LogP contribution is 2.22. The minimum absolute atomic E-state index is 0. The maximum Gasteiger partial charge on any atom is 0.191 e. The van der Waals surface area contributed by atoms with Crippen LogP contribution in [0, 0.1) is 18.6 Å². The maximum absolute atomic E-state index is 13.7. The molecule has 0 bridgehead atoms. The molecular weight excluding hydrogens is 453 g/mol. The summed E-state index contributed by atoms with van der Waals surface area (Å²) in [6, 6.07) is 3.52. The van der Waals surface area contributed by atoms with E-state index in [0.29, 0.717) is 24.5 Å². The predicted molar refractivity (Wildman–Crippen MR) is 107 cm³/mol. The maximum atomic E-state index is 13.7. The molecule has 9 heteroatoms. The zero-order chi connectivity index (χ0) is 17.8. The van der Waals surface area contributed by atoms with Gasteiger partial charge in [0.05, 0.1) is 6.04 Å². The van der Waals surface area contributed by atoms with Crippen LogP contribution in [0.1, 0.15) is 36.1 Å². The van der Waals surface area contributed by atoms with E-state index in [1.807, 2.05) is 11.6 Å². The number of aryl methyl sites for hydroxylation is 2. The van der Waals surface area contributed by atoms with Crippen molar-refractivity contribution in [1.82, 2.24) is 25.4 Å². The number of halogens is 3. The lowest BCUT2D eigenvalue weighted by Gasteiger charge is -2.25. The van der Waals surface area contributed by atoms with Gasteiger partial charge >= 0.3 is 0 Å². The Hall–Kier alpha value is -1.78. The Labute approximate surface area is 168 Å². The summed E-state index contributed by atoms with van der Waals surface area (Å²) in [6.45, 7) is 3.20. The number of aliphatic imine (C=N–C) groups is 1. The van der Waals surface area contributed by atoms with Crippen LogP contribution in [-0.2, 0) is 13.0 Å². The minimum atomic E-state index is -0.434. The molecule has 1 aromatic heterocycles. The van der Waals surface area contributed by atoms with Crippen LogP contribution in [0.4, 0.5) is 8.78 Å². The predicted octanol–water partition coefficient (Wildman–Crippen LogP) is 2.73. The van der Waals surface area contributed by atoms with Crippen LogP contribution in [0.25, 0.3) is 0 Å². The molecule has 1 aromatic carbocycles. The van der Waals surface area contributed by atoms with Crippen LogP contribution >= 0.6 is 24.0 Å². The topological polar surface area (TPSA) is 67.1 Å². The van der Waals surface area contributed by atoms with Gasteiger partial charge in [-0.3, -0.25) is 4.99 Å². The van der Waals surface area contributed by atoms with Gasteiger partial charge in [0.2, 0.25) is 0 Å². The fourth-order valence-corrected chi connectivity index (χ4v) is 3.02. The Bertz CT molecular complexity index is 777. The van der Waals surface area contributed by atoms with Gasteiger partial charge in [-0.1, -0.05) is 0 Å². The van der Waals surface area contributed by atoms with Crippen molar-refractivity contribution in [3.05, 3.63) is 47.0 Å². The van der Waals surface area contributed by atoms with E-state index in [1.54, 1.807) is 7.05 Å². The molecular formula is C17H23F2IN6. The van der Waals surface area contributed by atoms with Crippen LogP contribution in [0.15, 0.2) is 23.2 Å². The van der Waals surface area contributed by atoms with Crippen molar-refractivity contribution in [3.8, 4) is 0 Å². The van der Waals surface area contributed by atoms with E-state index in [1.165, 1.54) is 6.07 Å². The Morgan fingerprint density at radius 2 is 2.19 bits per heavy atom. The summed E-state index contributed by atoms with van der Waals surface area (Å²) in [5.41, 5.74) is 0.344. The molecule has 26 heavy (non-hydrogen) atoms. The second kappa shape index (κ2) is 9.24. The van der Waals surface area contributed by atoms with E-state index in [2.05, 4.69) is 25.7 Å². The second-order valence-electron chi connectivity index (χ2n) is 6.06. The Balaban J connectivity index is 0.00000243. The molecule has 1 aliphatic heterocycles. The first kappa shape index (κ1) is 20.5. The Kier molecular flexibility index (Phi) is 7.30. The van der Waals surface area contributed by atoms with Crippen molar-refractivity contribution in [1.29, 1.82) is 0 Å². The van der Waals surface area contributed by atoms with Gasteiger partial charge in [0.25, 0.3) is 0 Å². The lowest BCUT2D eigenvalue weighted by atomic mass is 10.1. The van der Waals surface area contributed by atoms with Crippen molar-refractivity contribution < 1.29 is 8.78 Å². The van der Waals surface area contributed by atoms with Crippen molar-refractivity contribution in [3.63, 3.8) is 0 Å². The summed E-state index contributed by atoms with van der Waals surface area (Å²) < 4.78 is 28.8. The molecule has 1 atom stereocenters. The van der Waals surface area contributed by atoms with Gasteiger partial charge in [0, 0.05) is 20.1 Å². The first-order valence-corrected chi connectivity index (χ1v) is 8.39. The fraction of sp³-hybridized carbons (Fsp3) is 0.471. The zero-order valence-corrected chi connectivity index (χ0v) is 17.1. The monoisotopic (exact) mass is 476 g/mol. The highest BCUT2D eigenvalue weighted by atomic mass is 127. The number of fused-ring (bicyclic) bond motifs is 1.